The minimum atomic E-state index is -1.32. The summed E-state index contributed by atoms with van der Waals surface area (Å²) in [6.07, 6.45) is 10.4. The van der Waals surface area contributed by atoms with Crippen LogP contribution in [0.1, 0.15) is 38.2 Å². The van der Waals surface area contributed by atoms with Crippen molar-refractivity contribution in [1.82, 2.24) is 24.6 Å². The van der Waals surface area contributed by atoms with Gasteiger partial charge in [-0.3, -0.25) is 9.00 Å². The average Bonchev–Trinajstić information content (AvgIpc) is 3.48. The van der Waals surface area contributed by atoms with Gasteiger partial charge >= 0.3 is 0 Å². The van der Waals surface area contributed by atoms with E-state index in [1.807, 2.05) is 64.1 Å². The molecular formula is C25H33N5O2S. The lowest BCUT2D eigenvalue weighted by Gasteiger charge is -2.33. The lowest BCUT2D eigenvalue weighted by atomic mass is 10.0. The number of benzene rings is 1. The molecule has 4 rings (SSSR count). The van der Waals surface area contributed by atoms with Crippen LogP contribution >= 0.6 is 0 Å². The number of rotatable bonds is 10. The zero-order valence-corrected chi connectivity index (χ0v) is 20.0. The molecule has 1 aliphatic heterocycles. The van der Waals surface area contributed by atoms with Crippen LogP contribution in [0.3, 0.4) is 0 Å². The van der Waals surface area contributed by atoms with Gasteiger partial charge in [0.1, 0.15) is 11.6 Å². The number of para-hydroxylation sites is 1. The highest BCUT2D eigenvalue weighted by Crippen LogP contribution is 2.21. The van der Waals surface area contributed by atoms with Gasteiger partial charge in [-0.15, -0.1) is 0 Å². The van der Waals surface area contributed by atoms with Gasteiger partial charge in [-0.1, -0.05) is 24.6 Å². The predicted octanol–water partition coefficient (Wildman–Crippen LogP) is 3.29. The molecule has 0 saturated carbocycles. The molecule has 0 unspecified atom stereocenters. The van der Waals surface area contributed by atoms with Crippen molar-refractivity contribution in [2.24, 2.45) is 0 Å². The molecule has 0 bridgehead atoms. The van der Waals surface area contributed by atoms with Crippen molar-refractivity contribution in [2.45, 2.75) is 44.4 Å². The van der Waals surface area contributed by atoms with Crippen LogP contribution < -0.4 is 5.32 Å². The van der Waals surface area contributed by atoms with Crippen LogP contribution in [0.15, 0.2) is 61.1 Å². The van der Waals surface area contributed by atoms with E-state index in [0.717, 1.165) is 36.6 Å². The second-order valence-electron chi connectivity index (χ2n) is 8.64. The number of carbonyl (C=O) groups is 1. The number of nitrogens with zero attached hydrogens (tertiary/aromatic N) is 4. The second kappa shape index (κ2) is 11.4. The molecule has 8 heteroatoms. The molecule has 176 valence electrons. The van der Waals surface area contributed by atoms with Crippen molar-refractivity contribution in [1.29, 1.82) is 0 Å². The fourth-order valence-corrected chi connectivity index (χ4v) is 5.46. The van der Waals surface area contributed by atoms with Crippen molar-refractivity contribution in [2.75, 3.05) is 25.4 Å². The van der Waals surface area contributed by atoms with Crippen molar-refractivity contribution >= 4 is 16.7 Å². The Morgan fingerprint density at radius 2 is 1.94 bits per heavy atom. The number of piperidine rings is 1. The highest BCUT2D eigenvalue weighted by atomic mass is 32.2. The summed E-state index contributed by atoms with van der Waals surface area (Å²) in [6, 6.07) is 14.4. The lowest BCUT2D eigenvalue weighted by molar-refractivity contribution is -0.118. The summed E-state index contributed by atoms with van der Waals surface area (Å²) in [5.74, 6) is 0.967. The van der Waals surface area contributed by atoms with Gasteiger partial charge in [0.05, 0.1) is 17.6 Å². The van der Waals surface area contributed by atoms with E-state index in [0.29, 0.717) is 12.6 Å². The fraction of sp³-hybridized carbons (Fsp3) is 0.440. The first-order chi connectivity index (χ1) is 16.1. The third kappa shape index (κ3) is 6.21. The molecule has 1 amide bonds. The van der Waals surface area contributed by atoms with Crippen molar-refractivity contribution in [3.63, 3.8) is 0 Å². The average molecular weight is 468 g/mol. The summed E-state index contributed by atoms with van der Waals surface area (Å²) in [5, 5.41) is 7.48. The minimum absolute atomic E-state index is 0.00174. The number of nitrogens with one attached hydrogen (secondary N) is 1. The summed E-state index contributed by atoms with van der Waals surface area (Å²) in [6.45, 7) is 5.06. The first-order valence-electron chi connectivity index (χ1n) is 11.7. The first-order valence-corrected chi connectivity index (χ1v) is 13.2. The smallest absolute Gasteiger partial charge is 0.232 e. The van der Waals surface area contributed by atoms with Crippen molar-refractivity contribution in [3.8, 4) is 11.5 Å². The number of amides is 1. The third-order valence-electron chi connectivity index (χ3n) is 6.16. The SMILES string of the molecule is C[C@@H]1CCCCN1CCCNC(=O)C[S@@](=O)Cc1cnn(-c2ccccc2)c1-n1cccc1. The van der Waals surface area contributed by atoms with Gasteiger partial charge in [0.2, 0.25) is 5.91 Å². The van der Waals surface area contributed by atoms with E-state index in [4.69, 9.17) is 0 Å². The van der Waals surface area contributed by atoms with Crippen molar-refractivity contribution in [3.05, 3.63) is 66.6 Å². The van der Waals surface area contributed by atoms with E-state index in [1.54, 1.807) is 6.20 Å². The number of likely N-dealkylation sites (tertiary alicyclic amines) is 1. The molecule has 3 aromatic rings. The van der Waals surface area contributed by atoms with Gasteiger partial charge in [0.15, 0.2) is 0 Å². The van der Waals surface area contributed by atoms with Crippen LogP contribution in [0.2, 0.25) is 0 Å². The molecule has 1 aliphatic rings. The van der Waals surface area contributed by atoms with E-state index in [2.05, 4.69) is 22.2 Å². The maximum atomic E-state index is 12.8. The fourth-order valence-electron chi connectivity index (χ4n) is 4.41. The summed E-state index contributed by atoms with van der Waals surface area (Å²) in [5.41, 5.74) is 1.78. The molecule has 3 heterocycles. The third-order valence-corrected chi connectivity index (χ3v) is 7.38. The Morgan fingerprint density at radius 1 is 1.15 bits per heavy atom. The molecule has 33 heavy (non-hydrogen) atoms. The Kier molecular flexibility index (Phi) is 8.12. The molecule has 0 aliphatic carbocycles. The molecule has 0 spiro atoms. The number of carbonyl (C=O) groups excluding carboxylic acids is 1. The van der Waals surface area contributed by atoms with Crippen LogP contribution in [0.5, 0.6) is 0 Å². The highest BCUT2D eigenvalue weighted by Gasteiger charge is 2.19. The summed E-state index contributed by atoms with van der Waals surface area (Å²) < 4.78 is 16.6. The number of hydrogen-bond donors (Lipinski definition) is 1. The van der Waals surface area contributed by atoms with E-state index >= 15 is 0 Å². The summed E-state index contributed by atoms with van der Waals surface area (Å²) in [7, 11) is -1.32. The predicted molar refractivity (Wildman–Crippen MR) is 132 cm³/mol. The minimum Gasteiger partial charge on any atom is -0.355 e. The molecule has 2 aromatic heterocycles. The quantitative estimate of drug-likeness (QED) is 0.465. The Hall–Kier alpha value is -2.71. The second-order valence-corrected chi connectivity index (χ2v) is 10.1. The molecule has 1 N–H and O–H groups in total. The zero-order chi connectivity index (χ0) is 23.0. The van der Waals surface area contributed by atoms with E-state index in [9.17, 15) is 9.00 Å². The Bertz CT molecular complexity index is 1050. The maximum absolute atomic E-state index is 12.8. The molecule has 1 aromatic carbocycles. The van der Waals surface area contributed by atoms with Crippen LogP contribution in [0.25, 0.3) is 11.5 Å². The van der Waals surface area contributed by atoms with Gasteiger partial charge in [-0.05, 0) is 57.0 Å². The topological polar surface area (TPSA) is 72.2 Å². The Morgan fingerprint density at radius 3 is 2.70 bits per heavy atom. The number of hydrogen-bond acceptors (Lipinski definition) is 4. The van der Waals surface area contributed by atoms with E-state index < -0.39 is 10.8 Å². The van der Waals surface area contributed by atoms with Gasteiger partial charge < -0.3 is 14.8 Å². The standard InChI is InChI=1S/C25H33N5O2S/c1-21-10-5-6-14-28(21)17-9-13-26-24(31)20-33(32)19-22-18-27-30(23-11-3-2-4-12-23)25(22)29-15-7-8-16-29/h2-4,7-8,11-12,15-16,18,21H,5-6,9-10,13-14,17,19-20H2,1H3,(H,26,31)/t21-,33+/m1/s1. The van der Waals surface area contributed by atoms with Crippen LogP contribution in [-0.2, 0) is 21.3 Å². The monoisotopic (exact) mass is 467 g/mol. The lowest BCUT2D eigenvalue weighted by Crippen LogP contribution is -2.39. The van der Waals surface area contributed by atoms with E-state index in [-0.39, 0.29) is 17.4 Å². The van der Waals surface area contributed by atoms with Gasteiger partial charge in [-0.2, -0.15) is 5.10 Å². The van der Waals surface area contributed by atoms with Gasteiger partial charge in [-0.25, -0.2) is 4.68 Å². The Balaban J connectivity index is 1.32. The van der Waals surface area contributed by atoms with E-state index in [1.165, 1.54) is 19.3 Å². The molecular weight excluding hydrogens is 434 g/mol. The molecule has 7 nitrogen and oxygen atoms in total. The molecule has 1 saturated heterocycles. The molecule has 1 fully saturated rings. The molecule has 0 radical (unpaired) electrons. The summed E-state index contributed by atoms with van der Waals surface area (Å²) >= 11 is 0. The van der Waals surface area contributed by atoms with Crippen LogP contribution in [0, 0.1) is 0 Å². The van der Waals surface area contributed by atoms with Crippen molar-refractivity contribution < 1.29 is 9.00 Å². The van der Waals surface area contributed by atoms with Crippen LogP contribution in [-0.4, -0.2) is 60.8 Å². The van der Waals surface area contributed by atoms with Crippen LogP contribution in [0.4, 0.5) is 0 Å². The first kappa shape index (κ1) is 23.4. The summed E-state index contributed by atoms with van der Waals surface area (Å²) in [4.78, 5) is 14.9. The number of aromatic nitrogens is 3. The largest absolute Gasteiger partial charge is 0.355 e. The molecule has 2 atom stereocenters. The zero-order valence-electron chi connectivity index (χ0n) is 19.2. The maximum Gasteiger partial charge on any atom is 0.232 e. The van der Waals surface area contributed by atoms with Gasteiger partial charge in [0, 0.05) is 47.9 Å². The highest BCUT2D eigenvalue weighted by molar-refractivity contribution is 7.84. The Labute approximate surface area is 198 Å². The van der Waals surface area contributed by atoms with Gasteiger partial charge in [0.25, 0.3) is 0 Å². The normalized spacial score (nSPS) is 17.7.